The van der Waals surface area contributed by atoms with Crippen molar-refractivity contribution in [2.45, 2.75) is 38.0 Å². The average Bonchev–Trinajstić information content (AvgIpc) is 2.48. The van der Waals surface area contributed by atoms with Crippen molar-refractivity contribution in [3.8, 4) is 0 Å². The summed E-state index contributed by atoms with van der Waals surface area (Å²) in [7, 11) is -3.51. The highest BCUT2D eigenvalue weighted by molar-refractivity contribution is 7.92. The SMILES string of the molecule is CCCc1ccc(S(=O)(=O)Nc2ccc(CC)cc2)cc1. The molecule has 0 spiro atoms. The van der Waals surface area contributed by atoms with Gasteiger partial charge in [-0.3, -0.25) is 4.72 Å². The molecule has 0 fully saturated rings. The minimum absolute atomic E-state index is 0.293. The molecule has 0 heterocycles. The fraction of sp³-hybridized carbons (Fsp3) is 0.294. The van der Waals surface area contributed by atoms with Crippen molar-refractivity contribution < 1.29 is 8.42 Å². The number of anilines is 1. The molecule has 2 aromatic rings. The van der Waals surface area contributed by atoms with Crippen molar-refractivity contribution in [2.24, 2.45) is 0 Å². The first-order chi connectivity index (χ1) is 10.0. The Morgan fingerprint density at radius 1 is 0.857 bits per heavy atom. The highest BCUT2D eigenvalue weighted by atomic mass is 32.2. The van der Waals surface area contributed by atoms with Crippen LogP contribution in [0.3, 0.4) is 0 Å². The monoisotopic (exact) mass is 303 g/mol. The lowest BCUT2D eigenvalue weighted by Crippen LogP contribution is -2.12. The molecule has 0 aliphatic carbocycles. The maximum absolute atomic E-state index is 12.3. The number of nitrogens with one attached hydrogen (secondary N) is 1. The van der Waals surface area contributed by atoms with Crippen molar-refractivity contribution in [3.63, 3.8) is 0 Å². The molecule has 0 bridgehead atoms. The van der Waals surface area contributed by atoms with E-state index in [4.69, 9.17) is 0 Å². The van der Waals surface area contributed by atoms with E-state index in [1.165, 1.54) is 5.56 Å². The minimum atomic E-state index is -3.51. The second-order valence-corrected chi connectivity index (χ2v) is 6.73. The van der Waals surface area contributed by atoms with Gasteiger partial charge in [0.2, 0.25) is 0 Å². The molecule has 0 radical (unpaired) electrons. The van der Waals surface area contributed by atoms with E-state index in [-0.39, 0.29) is 0 Å². The van der Waals surface area contributed by atoms with Crippen LogP contribution in [-0.2, 0) is 22.9 Å². The van der Waals surface area contributed by atoms with Crippen molar-refractivity contribution in [2.75, 3.05) is 4.72 Å². The second kappa shape index (κ2) is 6.76. The van der Waals surface area contributed by atoms with Gasteiger partial charge in [0.1, 0.15) is 0 Å². The smallest absolute Gasteiger partial charge is 0.261 e. The lowest BCUT2D eigenvalue weighted by Gasteiger charge is -2.09. The zero-order valence-corrected chi connectivity index (χ0v) is 13.3. The number of aryl methyl sites for hydroxylation is 2. The Labute approximate surface area is 127 Å². The Morgan fingerprint density at radius 3 is 1.95 bits per heavy atom. The summed E-state index contributed by atoms with van der Waals surface area (Å²) >= 11 is 0. The molecule has 0 saturated heterocycles. The van der Waals surface area contributed by atoms with Gasteiger partial charge in [-0.15, -0.1) is 0 Å². The fourth-order valence-electron chi connectivity index (χ4n) is 2.15. The molecule has 1 N–H and O–H groups in total. The molecule has 0 amide bonds. The average molecular weight is 303 g/mol. The predicted molar refractivity (Wildman–Crippen MR) is 87.1 cm³/mol. The van der Waals surface area contributed by atoms with Gasteiger partial charge in [0.25, 0.3) is 10.0 Å². The summed E-state index contributed by atoms with van der Waals surface area (Å²) < 4.78 is 27.2. The van der Waals surface area contributed by atoms with E-state index in [2.05, 4.69) is 18.6 Å². The highest BCUT2D eigenvalue weighted by Crippen LogP contribution is 2.17. The number of benzene rings is 2. The number of sulfonamides is 1. The molecule has 2 rings (SSSR count). The maximum Gasteiger partial charge on any atom is 0.261 e. The molecule has 0 aliphatic heterocycles. The van der Waals surface area contributed by atoms with E-state index in [9.17, 15) is 8.42 Å². The summed E-state index contributed by atoms with van der Waals surface area (Å²) in [6.45, 7) is 4.17. The van der Waals surface area contributed by atoms with Gasteiger partial charge >= 0.3 is 0 Å². The Morgan fingerprint density at radius 2 is 1.43 bits per heavy atom. The van der Waals surface area contributed by atoms with Crippen LogP contribution in [0.1, 0.15) is 31.4 Å². The summed E-state index contributed by atoms with van der Waals surface area (Å²) in [4.78, 5) is 0.293. The molecule has 0 unspecified atom stereocenters. The Kier molecular flexibility index (Phi) is 5.02. The largest absolute Gasteiger partial charge is 0.280 e. The van der Waals surface area contributed by atoms with E-state index >= 15 is 0 Å². The molecule has 2 aromatic carbocycles. The van der Waals surface area contributed by atoms with Crippen molar-refractivity contribution >= 4 is 15.7 Å². The standard InChI is InChI=1S/C17H21NO2S/c1-3-5-15-8-12-17(13-9-15)21(19,20)18-16-10-6-14(4-2)7-11-16/h6-13,18H,3-5H2,1-2H3. The van der Waals surface area contributed by atoms with E-state index < -0.39 is 10.0 Å². The number of rotatable bonds is 6. The van der Waals surface area contributed by atoms with Gasteiger partial charge < -0.3 is 0 Å². The molecule has 3 nitrogen and oxygen atoms in total. The van der Waals surface area contributed by atoms with Crippen molar-refractivity contribution in [3.05, 3.63) is 59.7 Å². The van der Waals surface area contributed by atoms with E-state index in [0.29, 0.717) is 10.6 Å². The van der Waals surface area contributed by atoms with Crippen LogP contribution in [0.4, 0.5) is 5.69 Å². The third kappa shape index (κ3) is 4.08. The van der Waals surface area contributed by atoms with E-state index in [1.54, 1.807) is 24.3 Å². The van der Waals surface area contributed by atoms with Crippen LogP contribution in [0.15, 0.2) is 53.4 Å². The Bertz CT molecular complexity index is 674. The molecule has 0 saturated carbocycles. The van der Waals surface area contributed by atoms with Crippen molar-refractivity contribution in [1.82, 2.24) is 0 Å². The first-order valence-corrected chi connectivity index (χ1v) is 8.74. The van der Waals surface area contributed by atoms with Crippen LogP contribution in [-0.4, -0.2) is 8.42 Å². The maximum atomic E-state index is 12.3. The molecule has 21 heavy (non-hydrogen) atoms. The molecule has 112 valence electrons. The summed E-state index contributed by atoms with van der Waals surface area (Å²) in [5.74, 6) is 0. The molecule has 0 aromatic heterocycles. The zero-order valence-electron chi connectivity index (χ0n) is 12.5. The van der Waals surface area contributed by atoms with Crippen LogP contribution in [0.2, 0.25) is 0 Å². The number of hydrogen-bond donors (Lipinski definition) is 1. The van der Waals surface area contributed by atoms with Gasteiger partial charge in [-0.1, -0.05) is 44.5 Å². The first kappa shape index (κ1) is 15.6. The number of hydrogen-bond acceptors (Lipinski definition) is 2. The van der Waals surface area contributed by atoms with Crippen LogP contribution in [0, 0.1) is 0 Å². The van der Waals surface area contributed by atoms with Crippen LogP contribution >= 0.6 is 0 Å². The molecule has 4 heteroatoms. The molecule has 0 atom stereocenters. The summed E-state index contributed by atoms with van der Waals surface area (Å²) in [6, 6.07) is 14.5. The third-order valence-electron chi connectivity index (χ3n) is 3.39. The van der Waals surface area contributed by atoms with Gasteiger partial charge in [-0.05, 0) is 48.2 Å². The molecule has 0 aliphatic rings. The summed E-state index contributed by atoms with van der Waals surface area (Å²) in [5, 5.41) is 0. The lowest BCUT2D eigenvalue weighted by atomic mass is 10.1. The molecular weight excluding hydrogens is 282 g/mol. The predicted octanol–water partition coefficient (Wildman–Crippen LogP) is 4.00. The van der Waals surface area contributed by atoms with Crippen LogP contribution in [0.5, 0.6) is 0 Å². The quantitative estimate of drug-likeness (QED) is 0.876. The van der Waals surface area contributed by atoms with Gasteiger partial charge in [-0.2, -0.15) is 0 Å². The minimum Gasteiger partial charge on any atom is -0.280 e. The zero-order chi connectivity index (χ0) is 15.3. The first-order valence-electron chi connectivity index (χ1n) is 7.26. The molecular formula is C17H21NO2S. The Balaban J connectivity index is 2.16. The summed E-state index contributed by atoms with van der Waals surface area (Å²) in [5.41, 5.74) is 2.93. The van der Waals surface area contributed by atoms with E-state index in [1.807, 2.05) is 24.3 Å². The van der Waals surface area contributed by atoms with Gasteiger partial charge in [0.05, 0.1) is 4.90 Å². The summed E-state index contributed by atoms with van der Waals surface area (Å²) in [6.07, 6.45) is 2.95. The topological polar surface area (TPSA) is 46.2 Å². The lowest BCUT2D eigenvalue weighted by molar-refractivity contribution is 0.601. The second-order valence-electron chi connectivity index (χ2n) is 5.05. The third-order valence-corrected chi connectivity index (χ3v) is 4.78. The van der Waals surface area contributed by atoms with Gasteiger partial charge in [-0.25, -0.2) is 8.42 Å². The van der Waals surface area contributed by atoms with Gasteiger partial charge in [0, 0.05) is 5.69 Å². The normalized spacial score (nSPS) is 11.3. The Hall–Kier alpha value is -1.81. The highest BCUT2D eigenvalue weighted by Gasteiger charge is 2.13. The van der Waals surface area contributed by atoms with Gasteiger partial charge in [0.15, 0.2) is 0 Å². The van der Waals surface area contributed by atoms with E-state index in [0.717, 1.165) is 24.8 Å². The van der Waals surface area contributed by atoms with Crippen LogP contribution in [0.25, 0.3) is 0 Å². The van der Waals surface area contributed by atoms with Crippen molar-refractivity contribution in [1.29, 1.82) is 0 Å². The van der Waals surface area contributed by atoms with Crippen LogP contribution < -0.4 is 4.72 Å². The fourth-order valence-corrected chi connectivity index (χ4v) is 3.21.